The van der Waals surface area contributed by atoms with E-state index in [1.807, 2.05) is 6.07 Å². The predicted octanol–water partition coefficient (Wildman–Crippen LogP) is 4.10. The van der Waals surface area contributed by atoms with Crippen LogP contribution in [-0.2, 0) is 13.0 Å². The summed E-state index contributed by atoms with van der Waals surface area (Å²) in [6.45, 7) is 3.98. The molecule has 0 bridgehead atoms. The number of rotatable bonds is 6. The Labute approximate surface area is 125 Å². The Balaban J connectivity index is 1.77. The number of nitrogens with one attached hydrogen (secondary N) is 1. The highest BCUT2D eigenvalue weighted by Crippen LogP contribution is 2.20. The van der Waals surface area contributed by atoms with Crippen LogP contribution in [0.2, 0.25) is 0 Å². The van der Waals surface area contributed by atoms with Gasteiger partial charge < -0.3 is 9.88 Å². The molecule has 0 atom stereocenters. The first-order valence-corrected chi connectivity index (χ1v) is 7.61. The maximum absolute atomic E-state index is 4.68. The van der Waals surface area contributed by atoms with E-state index < -0.39 is 0 Å². The Hall–Kier alpha value is -2.29. The molecule has 1 aromatic heterocycles. The Bertz CT molecular complexity index is 701. The van der Waals surface area contributed by atoms with Crippen molar-refractivity contribution in [2.24, 2.45) is 0 Å². The highest BCUT2D eigenvalue weighted by molar-refractivity contribution is 5.78. The highest BCUT2D eigenvalue weighted by atomic mass is 15.2. The van der Waals surface area contributed by atoms with Gasteiger partial charge in [0.25, 0.3) is 0 Å². The van der Waals surface area contributed by atoms with E-state index in [2.05, 4.69) is 70.3 Å². The van der Waals surface area contributed by atoms with Crippen LogP contribution >= 0.6 is 0 Å². The molecule has 3 nitrogen and oxygen atoms in total. The molecule has 0 radical (unpaired) electrons. The first kappa shape index (κ1) is 13.7. The molecule has 2 aromatic carbocycles. The normalized spacial score (nSPS) is 10.9. The molecule has 0 aliphatic rings. The summed E-state index contributed by atoms with van der Waals surface area (Å²) in [5.41, 5.74) is 3.67. The van der Waals surface area contributed by atoms with Crippen molar-refractivity contribution in [3.63, 3.8) is 0 Å². The van der Waals surface area contributed by atoms with Gasteiger partial charge in [0, 0.05) is 13.1 Å². The third kappa shape index (κ3) is 3.07. The summed E-state index contributed by atoms with van der Waals surface area (Å²) in [7, 11) is 0. The van der Waals surface area contributed by atoms with Crippen molar-refractivity contribution in [2.45, 2.75) is 26.3 Å². The molecule has 0 saturated carbocycles. The van der Waals surface area contributed by atoms with E-state index in [-0.39, 0.29) is 0 Å². The first-order chi connectivity index (χ1) is 10.4. The molecule has 21 heavy (non-hydrogen) atoms. The maximum Gasteiger partial charge on any atom is 0.203 e. The van der Waals surface area contributed by atoms with Gasteiger partial charge in [0.1, 0.15) is 0 Å². The highest BCUT2D eigenvalue weighted by Gasteiger charge is 2.08. The summed E-state index contributed by atoms with van der Waals surface area (Å²) in [5, 5.41) is 3.37. The summed E-state index contributed by atoms with van der Waals surface area (Å²) < 4.78 is 2.29. The van der Waals surface area contributed by atoms with E-state index in [9.17, 15) is 0 Å². The number of aromatic nitrogens is 2. The lowest BCUT2D eigenvalue weighted by molar-refractivity contribution is 0.661. The van der Waals surface area contributed by atoms with Crippen LogP contribution in [0, 0.1) is 0 Å². The predicted molar refractivity (Wildman–Crippen MR) is 88.7 cm³/mol. The van der Waals surface area contributed by atoms with Crippen LogP contribution in [-0.4, -0.2) is 16.1 Å². The summed E-state index contributed by atoms with van der Waals surface area (Å²) >= 11 is 0. The van der Waals surface area contributed by atoms with Gasteiger partial charge >= 0.3 is 0 Å². The summed E-state index contributed by atoms with van der Waals surface area (Å²) in [4.78, 5) is 4.68. The second-order valence-electron chi connectivity index (χ2n) is 5.20. The zero-order chi connectivity index (χ0) is 14.5. The molecule has 0 spiro atoms. The van der Waals surface area contributed by atoms with Gasteiger partial charge in [-0.2, -0.15) is 0 Å². The maximum atomic E-state index is 4.68. The van der Waals surface area contributed by atoms with Crippen LogP contribution in [0.1, 0.15) is 18.9 Å². The van der Waals surface area contributed by atoms with E-state index in [0.717, 1.165) is 37.4 Å². The van der Waals surface area contributed by atoms with Crippen LogP contribution in [0.25, 0.3) is 11.0 Å². The van der Waals surface area contributed by atoms with Gasteiger partial charge in [0.05, 0.1) is 11.0 Å². The molecule has 3 heteroatoms. The molecule has 0 unspecified atom stereocenters. The largest absolute Gasteiger partial charge is 0.356 e. The monoisotopic (exact) mass is 279 g/mol. The van der Waals surface area contributed by atoms with Gasteiger partial charge in [-0.05, 0) is 37.5 Å². The second kappa shape index (κ2) is 6.44. The van der Waals surface area contributed by atoms with Crippen molar-refractivity contribution in [1.82, 2.24) is 9.55 Å². The zero-order valence-electron chi connectivity index (χ0n) is 12.4. The molecular formula is C18H21N3. The van der Waals surface area contributed by atoms with Gasteiger partial charge in [-0.25, -0.2) is 4.98 Å². The fourth-order valence-corrected chi connectivity index (χ4v) is 2.68. The van der Waals surface area contributed by atoms with Crippen LogP contribution in [0.4, 0.5) is 5.95 Å². The molecule has 0 amide bonds. The third-order valence-electron chi connectivity index (χ3n) is 3.68. The minimum Gasteiger partial charge on any atom is -0.356 e. The summed E-state index contributed by atoms with van der Waals surface area (Å²) in [6, 6.07) is 19.0. The molecule has 1 heterocycles. The second-order valence-corrected chi connectivity index (χ2v) is 5.20. The number of imidazole rings is 1. The van der Waals surface area contributed by atoms with Gasteiger partial charge in [-0.3, -0.25) is 0 Å². The number of aryl methyl sites for hydroxylation is 2. The molecular weight excluding hydrogens is 258 g/mol. The lowest BCUT2D eigenvalue weighted by Crippen LogP contribution is -2.07. The fraction of sp³-hybridized carbons (Fsp3) is 0.278. The van der Waals surface area contributed by atoms with Gasteiger partial charge in [-0.15, -0.1) is 0 Å². The van der Waals surface area contributed by atoms with Gasteiger partial charge in [0.2, 0.25) is 5.95 Å². The molecule has 0 fully saturated rings. The Morgan fingerprint density at radius 2 is 1.76 bits per heavy atom. The zero-order valence-corrected chi connectivity index (χ0v) is 12.4. The average Bonchev–Trinajstić information content (AvgIpc) is 2.87. The quantitative estimate of drug-likeness (QED) is 0.736. The van der Waals surface area contributed by atoms with Crippen molar-refractivity contribution >= 4 is 17.0 Å². The van der Waals surface area contributed by atoms with Crippen LogP contribution in [0.15, 0.2) is 54.6 Å². The number of para-hydroxylation sites is 2. The Kier molecular flexibility index (Phi) is 4.20. The lowest BCUT2D eigenvalue weighted by atomic mass is 10.1. The van der Waals surface area contributed by atoms with Gasteiger partial charge in [-0.1, -0.05) is 42.5 Å². The fourth-order valence-electron chi connectivity index (χ4n) is 2.68. The first-order valence-electron chi connectivity index (χ1n) is 7.61. The molecule has 1 N–H and O–H groups in total. The van der Waals surface area contributed by atoms with E-state index in [4.69, 9.17) is 0 Å². The van der Waals surface area contributed by atoms with Crippen molar-refractivity contribution in [1.29, 1.82) is 0 Å². The van der Waals surface area contributed by atoms with Crippen LogP contribution in [0.5, 0.6) is 0 Å². The topological polar surface area (TPSA) is 29.9 Å². The van der Waals surface area contributed by atoms with Crippen molar-refractivity contribution in [2.75, 3.05) is 11.9 Å². The van der Waals surface area contributed by atoms with Crippen molar-refractivity contribution in [3.8, 4) is 0 Å². The molecule has 0 saturated heterocycles. The lowest BCUT2D eigenvalue weighted by Gasteiger charge is -2.09. The Morgan fingerprint density at radius 3 is 2.57 bits per heavy atom. The minimum absolute atomic E-state index is 0.891. The molecule has 108 valence electrons. The Morgan fingerprint density at radius 1 is 1.00 bits per heavy atom. The number of fused-ring (bicyclic) bond motifs is 1. The van der Waals surface area contributed by atoms with E-state index in [1.54, 1.807) is 0 Å². The average molecular weight is 279 g/mol. The SMILES string of the molecule is CCNc1nc2ccccc2n1CCCc1ccccc1. The number of benzene rings is 2. The van der Waals surface area contributed by atoms with E-state index in [1.165, 1.54) is 11.1 Å². The summed E-state index contributed by atoms with van der Waals surface area (Å²) in [6.07, 6.45) is 2.21. The smallest absolute Gasteiger partial charge is 0.203 e. The standard InChI is InChI=1S/C18H21N3/c1-2-19-18-20-16-12-6-7-13-17(16)21(18)14-8-11-15-9-4-3-5-10-15/h3-7,9-10,12-13H,2,8,11,14H2,1H3,(H,19,20). The third-order valence-corrected chi connectivity index (χ3v) is 3.68. The molecule has 3 aromatic rings. The van der Waals surface area contributed by atoms with E-state index in [0.29, 0.717) is 0 Å². The summed E-state index contributed by atoms with van der Waals surface area (Å²) in [5.74, 6) is 0.978. The number of hydrogen-bond acceptors (Lipinski definition) is 2. The van der Waals surface area contributed by atoms with E-state index >= 15 is 0 Å². The number of nitrogens with zero attached hydrogens (tertiary/aromatic N) is 2. The molecule has 0 aliphatic heterocycles. The van der Waals surface area contributed by atoms with Crippen LogP contribution in [0.3, 0.4) is 0 Å². The minimum atomic E-state index is 0.891. The molecule has 0 aliphatic carbocycles. The number of anilines is 1. The van der Waals surface area contributed by atoms with Gasteiger partial charge in [0.15, 0.2) is 0 Å². The van der Waals surface area contributed by atoms with Crippen molar-refractivity contribution < 1.29 is 0 Å². The molecule has 3 rings (SSSR count). The number of hydrogen-bond donors (Lipinski definition) is 1. The van der Waals surface area contributed by atoms with Crippen molar-refractivity contribution in [3.05, 3.63) is 60.2 Å². The van der Waals surface area contributed by atoms with Crippen LogP contribution < -0.4 is 5.32 Å².